The first-order valence-electron chi connectivity index (χ1n) is 8.52. The summed E-state index contributed by atoms with van der Waals surface area (Å²) in [6, 6.07) is 20.8. The van der Waals surface area contributed by atoms with Crippen molar-refractivity contribution in [2.75, 3.05) is 0 Å². The lowest BCUT2D eigenvalue weighted by Crippen LogP contribution is -1.97. The van der Waals surface area contributed by atoms with E-state index >= 15 is 0 Å². The third-order valence-electron chi connectivity index (χ3n) is 4.14. The first-order chi connectivity index (χ1) is 13.5. The highest BCUT2D eigenvalue weighted by Crippen LogP contribution is 2.36. The fraction of sp³-hybridized carbons (Fsp3) is 0.0870. The van der Waals surface area contributed by atoms with E-state index in [1.807, 2.05) is 49.4 Å². The van der Waals surface area contributed by atoms with E-state index in [9.17, 15) is 5.26 Å². The lowest BCUT2D eigenvalue weighted by molar-refractivity contribution is 0.306. The Labute approximate surface area is 179 Å². The standard InChI is InChI=1S/C23H16Cl3NO/c1-15-6-8-17(9-7-15)19(13-27)10-16-11-21(25)23(22(26)12-16)28-14-18-4-2-3-5-20(18)24/h2-12H,14H2,1H3/b19-10+. The zero-order valence-corrected chi connectivity index (χ0v) is 17.3. The molecule has 0 saturated heterocycles. The average Bonchev–Trinajstić information content (AvgIpc) is 2.67. The average molecular weight is 429 g/mol. The molecule has 0 aliphatic carbocycles. The van der Waals surface area contributed by atoms with Gasteiger partial charge in [0.25, 0.3) is 0 Å². The van der Waals surface area contributed by atoms with Gasteiger partial charge in [-0.15, -0.1) is 0 Å². The lowest BCUT2D eigenvalue weighted by Gasteiger charge is -2.12. The first-order valence-corrected chi connectivity index (χ1v) is 9.65. The molecule has 2 nitrogen and oxygen atoms in total. The molecule has 0 aromatic heterocycles. The second-order valence-corrected chi connectivity index (χ2v) is 7.45. The Morgan fingerprint density at radius 3 is 2.21 bits per heavy atom. The summed E-state index contributed by atoms with van der Waals surface area (Å²) in [4.78, 5) is 0. The fourth-order valence-corrected chi connectivity index (χ4v) is 3.45. The number of benzene rings is 3. The maximum Gasteiger partial charge on any atom is 0.157 e. The molecule has 0 atom stereocenters. The van der Waals surface area contributed by atoms with Crippen LogP contribution in [0.15, 0.2) is 60.7 Å². The minimum Gasteiger partial charge on any atom is -0.486 e. The number of ether oxygens (including phenoxy) is 1. The van der Waals surface area contributed by atoms with Crippen LogP contribution in [0.5, 0.6) is 5.75 Å². The van der Waals surface area contributed by atoms with Gasteiger partial charge in [-0.3, -0.25) is 0 Å². The monoisotopic (exact) mass is 427 g/mol. The summed E-state index contributed by atoms with van der Waals surface area (Å²) in [5.41, 5.74) is 4.05. The van der Waals surface area contributed by atoms with Crippen molar-refractivity contribution in [2.45, 2.75) is 13.5 Å². The predicted octanol–water partition coefficient (Wildman–Crippen LogP) is 7.60. The maximum atomic E-state index is 9.52. The number of nitriles is 1. The van der Waals surface area contributed by atoms with Gasteiger partial charge < -0.3 is 4.74 Å². The van der Waals surface area contributed by atoms with Crippen LogP contribution in [-0.4, -0.2) is 0 Å². The second-order valence-electron chi connectivity index (χ2n) is 6.23. The van der Waals surface area contributed by atoms with Gasteiger partial charge in [0, 0.05) is 10.6 Å². The van der Waals surface area contributed by atoms with Crippen LogP contribution in [0.25, 0.3) is 11.6 Å². The highest BCUT2D eigenvalue weighted by Gasteiger charge is 2.11. The van der Waals surface area contributed by atoms with Gasteiger partial charge in [-0.05, 0) is 42.3 Å². The van der Waals surface area contributed by atoms with Gasteiger partial charge >= 0.3 is 0 Å². The quantitative estimate of drug-likeness (QED) is 0.309. The normalized spacial score (nSPS) is 11.2. The molecule has 0 N–H and O–H groups in total. The highest BCUT2D eigenvalue weighted by molar-refractivity contribution is 6.37. The Morgan fingerprint density at radius 1 is 0.964 bits per heavy atom. The third-order valence-corrected chi connectivity index (χ3v) is 5.07. The summed E-state index contributed by atoms with van der Waals surface area (Å²) in [6.07, 6.45) is 1.75. The van der Waals surface area contributed by atoms with E-state index in [0.717, 1.165) is 22.3 Å². The first kappa shape index (κ1) is 20.3. The van der Waals surface area contributed by atoms with E-state index in [1.165, 1.54) is 0 Å². The molecule has 0 unspecified atom stereocenters. The second kappa shape index (κ2) is 9.17. The molecule has 0 aliphatic heterocycles. The molecule has 0 spiro atoms. The number of hydrogen-bond acceptors (Lipinski definition) is 2. The molecule has 0 bridgehead atoms. The van der Waals surface area contributed by atoms with Crippen molar-refractivity contribution in [3.8, 4) is 11.8 Å². The predicted molar refractivity (Wildman–Crippen MR) is 117 cm³/mol. The summed E-state index contributed by atoms with van der Waals surface area (Å²) >= 11 is 18.9. The van der Waals surface area contributed by atoms with E-state index < -0.39 is 0 Å². The molecule has 0 fully saturated rings. The molecule has 0 saturated carbocycles. The molecular formula is C23H16Cl3NO. The van der Waals surface area contributed by atoms with E-state index in [2.05, 4.69) is 6.07 Å². The van der Waals surface area contributed by atoms with Gasteiger partial charge in [0.1, 0.15) is 6.61 Å². The molecule has 3 rings (SSSR count). The van der Waals surface area contributed by atoms with Crippen molar-refractivity contribution in [2.24, 2.45) is 0 Å². The third kappa shape index (κ3) is 4.88. The number of halogens is 3. The molecule has 3 aromatic carbocycles. The maximum absolute atomic E-state index is 9.52. The molecule has 0 aliphatic rings. The van der Waals surface area contributed by atoms with Crippen LogP contribution < -0.4 is 4.74 Å². The van der Waals surface area contributed by atoms with Gasteiger partial charge in [-0.1, -0.05) is 82.8 Å². The van der Waals surface area contributed by atoms with Crippen LogP contribution in [0, 0.1) is 18.3 Å². The van der Waals surface area contributed by atoms with Crippen LogP contribution in [0.3, 0.4) is 0 Å². The van der Waals surface area contributed by atoms with Crippen LogP contribution in [-0.2, 0) is 6.61 Å². The molecule has 3 aromatic rings. The van der Waals surface area contributed by atoms with Crippen molar-refractivity contribution in [3.63, 3.8) is 0 Å². The summed E-state index contributed by atoms with van der Waals surface area (Å²) in [6.45, 7) is 2.25. The van der Waals surface area contributed by atoms with Crippen LogP contribution in [0.1, 0.15) is 22.3 Å². The van der Waals surface area contributed by atoms with Crippen molar-refractivity contribution in [1.29, 1.82) is 5.26 Å². The molecule has 5 heteroatoms. The molecular weight excluding hydrogens is 413 g/mol. The van der Waals surface area contributed by atoms with Crippen LogP contribution in [0.2, 0.25) is 15.1 Å². The Bertz CT molecular complexity index is 1040. The molecule has 0 amide bonds. The van der Waals surface area contributed by atoms with Crippen molar-refractivity contribution < 1.29 is 4.74 Å². The Kier molecular flexibility index (Phi) is 6.65. The van der Waals surface area contributed by atoms with Gasteiger partial charge in [-0.2, -0.15) is 5.26 Å². The topological polar surface area (TPSA) is 33.0 Å². The zero-order chi connectivity index (χ0) is 20.1. The molecule has 0 heterocycles. The number of aryl methyl sites for hydroxylation is 1. The Morgan fingerprint density at radius 2 is 1.61 bits per heavy atom. The Hall–Kier alpha value is -2.44. The van der Waals surface area contributed by atoms with E-state index in [1.54, 1.807) is 24.3 Å². The Balaban J connectivity index is 1.86. The number of allylic oxidation sites excluding steroid dienone is 1. The van der Waals surface area contributed by atoms with Gasteiger partial charge in [0.05, 0.1) is 21.7 Å². The number of rotatable bonds is 5. The van der Waals surface area contributed by atoms with Gasteiger partial charge in [0.2, 0.25) is 0 Å². The van der Waals surface area contributed by atoms with Gasteiger partial charge in [-0.25, -0.2) is 0 Å². The molecule has 140 valence electrons. The molecule has 28 heavy (non-hydrogen) atoms. The fourth-order valence-electron chi connectivity index (χ4n) is 2.65. The van der Waals surface area contributed by atoms with E-state index in [-0.39, 0.29) is 6.61 Å². The lowest BCUT2D eigenvalue weighted by atomic mass is 10.0. The summed E-state index contributed by atoms with van der Waals surface area (Å²) in [5.74, 6) is 0.384. The minimum absolute atomic E-state index is 0.251. The minimum atomic E-state index is 0.251. The number of nitrogens with zero attached hydrogens (tertiary/aromatic N) is 1. The zero-order valence-electron chi connectivity index (χ0n) is 15.0. The van der Waals surface area contributed by atoms with Gasteiger partial charge in [0.15, 0.2) is 5.75 Å². The van der Waals surface area contributed by atoms with Crippen LogP contribution in [0.4, 0.5) is 0 Å². The summed E-state index contributed by atoms with van der Waals surface area (Å²) < 4.78 is 5.78. The SMILES string of the molecule is Cc1ccc(/C(C#N)=C/c2cc(Cl)c(OCc3ccccc3Cl)c(Cl)c2)cc1. The summed E-state index contributed by atoms with van der Waals surface area (Å²) in [7, 11) is 0. The van der Waals surface area contributed by atoms with E-state index in [0.29, 0.717) is 26.4 Å². The van der Waals surface area contributed by atoms with Crippen LogP contribution >= 0.6 is 34.8 Å². The van der Waals surface area contributed by atoms with E-state index in [4.69, 9.17) is 39.5 Å². The highest BCUT2D eigenvalue weighted by atomic mass is 35.5. The summed E-state index contributed by atoms with van der Waals surface area (Å²) in [5, 5.41) is 10.9. The molecule has 0 radical (unpaired) electrons. The van der Waals surface area contributed by atoms with Crippen molar-refractivity contribution in [3.05, 3.63) is 98.0 Å². The van der Waals surface area contributed by atoms with Crippen molar-refractivity contribution in [1.82, 2.24) is 0 Å². The largest absolute Gasteiger partial charge is 0.486 e. The smallest absolute Gasteiger partial charge is 0.157 e. The van der Waals surface area contributed by atoms with Crippen molar-refractivity contribution >= 4 is 46.5 Å². The number of hydrogen-bond donors (Lipinski definition) is 0.